The summed E-state index contributed by atoms with van der Waals surface area (Å²) in [4.78, 5) is 2.19. The molecule has 6 heavy (non-hydrogen) atoms. The van der Waals surface area contributed by atoms with Gasteiger partial charge in [0.2, 0.25) is 0 Å². The quantitative estimate of drug-likeness (QED) is 0.470. The molecule has 0 aromatic carbocycles. The molecular weight excluding hydrogens is 93.0 g/mol. The minimum Gasteiger partial charge on any atom is -0.306 e. The fourth-order valence-corrected chi connectivity index (χ4v) is 0.949. The van der Waals surface area contributed by atoms with Crippen LogP contribution in [0.3, 0.4) is 0 Å². The summed E-state index contributed by atoms with van der Waals surface area (Å²) < 4.78 is 0. The van der Waals surface area contributed by atoms with Crippen LogP contribution in [0.15, 0.2) is 0 Å². The summed E-state index contributed by atoms with van der Waals surface area (Å²) in [6.45, 7) is 2.21. The van der Waals surface area contributed by atoms with E-state index >= 15 is 0 Å². The van der Waals surface area contributed by atoms with E-state index in [2.05, 4.69) is 25.7 Å². The minimum absolute atomic E-state index is 1.06. The second kappa shape index (κ2) is 3.58. The van der Waals surface area contributed by atoms with E-state index in [1.165, 1.54) is 6.29 Å². The predicted octanol–water partition coefficient (Wildman–Crippen LogP) is 0.814. The lowest BCUT2D eigenvalue weighted by Gasteiger charge is -2.04. The van der Waals surface area contributed by atoms with E-state index < -0.39 is 0 Å². The van der Waals surface area contributed by atoms with Gasteiger partial charge in [-0.2, -0.15) is 0 Å². The average molecular weight is 105 g/mol. The Morgan fingerprint density at radius 3 is 2.00 bits per heavy atom. The van der Waals surface area contributed by atoms with Gasteiger partial charge in [0.15, 0.2) is 0 Å². The van der Waals surface area contributed by atoms with Gasteiger partial charge in [-0.1, -0.05) is 0 Å². The van der Waals surface area contributed by atoms with Crippen molar-refractivity contribution in [1.82, 2.24) is 4.90 Å². The Kier molecular flexibility index (Phi) is 3.81. The molecule has 0 N–H and O–H groups in total. The van der Waals surface area contributed by atoms with E-state index in [9.17, 15) is 0 Å². The summed E-state index contributed by atoms with van der Waals surface area (Å²) in [5.41, 5.74) is 0. The molecule has 0 heterocycles. The lowest BCUT2D eigenvalue weighted by molar-refractivity contribution is 0.483. The summed E-state index contributed by atoms with van der Waals surface area (Å²) in [7, 11) is 5.25. The molecule has 0 radical (unpaired) electrons. The van der Waals surface area contributed by atoms with E-state index in [0.717, 1.165) is 8.58 Å². The Morgan fingerprint density at radius 1 is 1.50 bits per heavy atom. The van der Waals surface area contributed by atoms with Crippen LogP contribution in [0.2, 0.25) is 0 Å². The van der Waals surface area contributed by atoms with Crippen LogP contribution in [-0.2, 0) is 0 Å². The van der Waals surface area contributed by atoms with Crippen molar-refractivity contribution in [2.24, 2.45) is 0 Å². The van der Waals surface area contributed by atoms with Crippen molar-refractivity contribution in [3.8, 4) is 0 Å². The van der Waals surface area contributed by atoms with E-state index in [4.69, 9.17) is 0 Å². The first-order valence-electron chi connectivity index (χ1n) is 2.06. The van der Waals surface area contributed by atoms with Crippen molar-refractivity contribution in [2.45, 2.75) is 0 Å². The Balaban J connectivity index is 2.63. The Hall–Kier alpha value is 0.390. The van der Waals surface area contributed by atoms with Crippen LogP contribution in [0.4, 0.5) is 0 Å². The number of nitrogens with zero attached hydrogens (tertiary/aromatic N) is 1. The molecule has 1 atom stereocenters. The van der Waals surface area contributed by atoms with Crippen molar-refractivity contribution in [3.63, 3.8) is 0 Å². The molecule has 1 unspecified atom stereocenters. The van der Waals surface area contributed by atoms with Crippen LogP contribution in [-0.4, -0.2) is 31.9 Å². The van der Waals surface area contributed by atoms with Crippen LogP contribution < -0.4 is 0 Å². The first-order chi connectivity index (χ1) is 2.77. The lowest BCUT2D eigenvalue weighted by Crippen LogP contribution is -2.07. The maximum absolute atomic E-state index is 2.21. The van der Waals surface area contributed by atoms with E-state index in [1.807, 2.05) is 0 Å². The molecule has 2 heteroatoms. The molecule has 0 aliphatic carbocycles. The highest BCUT2D eigenvalue weighted by Gasteiger charge is 1.79. The molecule has 0 aromatic rings. The average Bonchev–Trinajstić information content (AvgIpc) is 1.35. The second-order valence-corrected chi connectivity index (χ2v) is 2.61. The zero-order valence-corrected chi connectivity index (χ0v) is 5.65. The van der Waals surface area contributed by atoms with Gasteiger partial charge in [0.25, 0.3) is 0 Å². The molecule has 0 bridgehead atoms. The number of hydrogen-bond donors (Lipinski definition) is 0. The molecule has 0 spiro atoms. The molecule has 0 amide bonds. The molecular formula is C4H12NP. The Morgan fingerprint density at radius 2 is 2.00 bits per heavy atom. The molecule has 0 saturated heterocycles. The van der Waals surface area contributed by atoms with Gasteiger partial charge in [-0.3, -0.25) is 0 Å². The topological polar surface area (TPSA) is 3.24 Å². The highest BCUT2D eigenvalue weighted by Crippen LogP contribution is 1.99. The molecule has 0 fully saturated rings. The molecule has 0 saturated carbocycles. The number of rotatable bonds is 2. The third kappa shape index (κ3) is 4.39. The Bertz CT molecular complexity index is 28.7. The summed E-state index contributed by atoms with van der Waals surface area (Å²) in [5.74, 6) is 0. The van der Waals surface area contributed by atoms with Gasteiger partial charge in [-0.15, -0.1) is 8.58 Å². The summed E-state index contributed by atoms with van der Waals surface area (Å²) in [6.07, 6.45) is 1.24. The summed E-state index contributed by atoms with van der Waals surface area (Å²) in [6, 6.07) is 0. The van der Waals surface area contributed by atoms with Crippen molar-refractivity contribution >= 4 is 8.58 Å². The van der Waals surface area contributed by atoms with Gasteiger partial charge in [0.1, 0.15) is 0 Å². The van der Waals surface area contributed by atoms with E-state index in [0.29, 0.717) is 0 Å². The highest BCUT2D eigenvalue weighted by atomic mass is 31.1. The fourth-order valence-electron chi connectivity index (χ4n) is 0.316. The molecule has 38 valence electrons. The van der Waals surface area contributed by atoms with Crippen molar-refractivity contribution < 1.29 is 0 Å². The van der Waals surface area contributed by atoms with Gasteiger partial charge in [0.05, 0.1) is 0 Å². The van der Waals surface area contributed by atoms with Crippen molar-refractivity contribution in [2.75, 3.05) is 27.0 Å². The van der Waals surface area contributed by atoms with Crippen molar-refractivity contribution in [1.29, 1.82) is 0 Å². The monoisotopic (exact) mass is 105 g/mol. The first kappa shape index (κ1) is 6.39. The molecule has 0 aliphatic heterocycles. The second-order valence-electron chi connectivity index (χ2n) is 1.59. The van der Waals surface area contributed by atoms with Crippen molar-refractivity contribution in [3.05, 3.63) is 0 Å². The van der Waals surface area contributed by atoms with E-state index in [-0.39, 0.29) is 0 Å². The van der Waals surface area contributed by atoms with Gasteiger partial charge >= 0.3 is 0 Å². The van der Waals surface area contributed by atoms with Gasteiger partial charge in [0, 0.05) is 6.29 Å². The fraction of sp³-hybridized carbons (Fsp3) is 1.00. The smallest absolute Gasteiger partial charge is 0.0146 e. The normalized spacial score (nSPS) is 12.0. The molecule has 0 aliphatic rings. The third-order valence-corrected chi connectivity index (χ3v) is 1.42. The van der Waals surface area contributed by atoms with Gasteiger partial charge in [-0.05, 0) is 20.8 Å². The van der Waals surface area contributed by atoms with Crippen LogP contribution in [0, 0.1) is 0 Å². The third-order valence-electron chi connectivity index (χ3n) is 0.474. The molecule has 1 nitrogen and oxygen atoms in total. The minimum atomic E-state index is 1.06. The van der Waals surface area contributed by atoms with Crippen LogP contribution in [0.25, 0.3) is 0 Å². The lowest BCUT2D eigenvalue weighted by atomic mass is 11.0. The Labute approximate surface area is 41.5 Å². The van der Waals surface area contributed by atoms with Gasteiger partial charge in [-0.25, -0.2) is 0 Å². The summed E-state index contributed by atoms with van der Waals surface area (Å²) >= 11 is 0. The largest absolute Gasteiger partial charge is 0.306 e. The maximum atomic E-state index is 2.21. The van der Waals surface area contributed by atoms with Crippen LogP contribution >= 0.6 is 8.58 Å². The highest BCUT2D eigenvalue weighted by molar-refractivity contribution is 7.36. The number of hydrogen-bond acceptors (Lipinski definition) is 1. The maximum Gasteiger partial charge on any atom is 0.0146 e. The van der Waals surface area contributed by atoms with Crippen LogP contribution in [0.5, 0.6) is 0 Å². The summed E-state index contributed by atoms with van der Waals surface area (Å²) in [5, 5.41) is 0. The molecule has 0 aromatic heterocycles. The van der Waals surface area contributed by atoms with E-state index in [1.54, 1.807) is 0 Å². The zero-order chi connectivity index (χ0) is 4.99. The zero-order valence-electron chi connectivity index (χ0n) is 4.65. The first-order valence-corrected chi connectivity index (χ1v) is 3.77. The predicted molar refractivity (Wildman–Crippen MR) is 32.8 cm³/mol. The van der Waals surface area contributed by atoms with Gasteiger partial charge < -0.3 is 4.90 Å². The SMILES string of the molecule is CPCN(C)C. The molecule has 0 rings (SSSR count). The standard InChI is InChI=1S/C4H12NP/c1-5(2)4-6-3/h6H,4H2,1-3H3. The van der Waals surface area contributed by atoms with Crippen LogP contribution in [0.1, 0.15) is 0 Å².